The molecule has 1 N–H and O–H groups in total. The zero-order chi connectivity index (χ0) is 19.2. The molecule has 142 valence electrons. The van der Waals surface area contributed by atoms with Crippen LogP contribution < -0.4 is 10.1 Å². The first-order valence-electron chi connectivity index (χ1n) is 9.08. The molecule has 1 saturated heterocycles. The molecule has 0 aromatic heterocycles. The lowest BCUT2D eigenvalue weighted by Gasteiger charge is -2.32. The van der Waals surface area contributed by atoms with Crippen LogP contribution in [0.15, 0.2) is 48.5 Å². The average molecular weight is 367 g/mol. The molecule has 2 amide bonds. The van der Waals surface area contributed by atoms with Gasteiger partial charge in [0, 0.05) is 37.4 Å². The maximum Gasteiger partial charge on any atom is 0.262 e. The fraction of sp³-hybridized carbons (Fsp3) is 0.333. The van der Waals surface area contributed by atoms with Crippen molar-refractivity contribution in [1.82, 2.24) is 9.80 Å². The van der Waals surface area contributed by atoms with Gasteiger partial charge in [-0.1, -0.05) is 18.2 Å². The average Bonchev–Trinajstić information content (AvgIpc) is 2.67. The number of nitrogens with one attached hydrogen (secondary N) is 1. The van der Waals surface area contributed by atoms with Crippen molar-refractivity contribution < 1.29 is 14.3 Å². The Morgan fingerprint density at radius 1 is 1.04 bits per heavy atom. The van der Waals surface area contributed by atoms with Gasteiger partial charge in [0.15, 0.2) is 6.61 Å². The predicted molar refractivity (Wildman–Crippen MR) is 105 cm³/mol. The Hall–Kier alpha value is -2.86. The molecule has 6 nitrogen and oxygen atoms in total. The Morgan fingerprint density at radius 3 is 2.52 bits per heavy atom. The lowest BCUT2D eigenvalue weighted by Crippen LogP contribution is -2.47. The highest BCUT2D eigenvalue weighted by atomic mass is 16.5. The first-order valence-corrected chi connectivity index (χ1v) is 9.08. The molecule has 3 rings (SSSR count). The van der Waals surface area contributed by atoms with Crippen molar-refractivity contribution in [1.29, 1.82) is 0 Å². The molecule has 2 aromatic rings. The largest absolute Gasteiger partial charge is 0.484 e. The number of amides is 2. The summed E-state index contributed by atoms with van der Waals surface area (Å²) in [4.78, 5) is 28.9. The van der Waals surface area contributed by atoms with E-state index in [1.807, 2.05) is 36.1 Å². The first kappa shape index (κ1) is 18.9. The first-order chi connectivity index (χ1) is 13.0. The van der Waals surface area contributed by atoms with E-state index in [4.69, 9.17) is 4.74 Å². The number of carbonyl (C=O) groups excluding carboxylic acids is 2. The topological polar surface area (TPSA) is 61.9 Å². The van der Waals surface area contributed by atoms with E-state index in [1.165, 1.54) is 0 Å². The third kappa shape index (κ3) is 5.31. The van der Waals surface area contributed by atoms with Crippen molar-refractivity contribution in [3.8, 4) is 5.75 Å². The van der Waals surface area contributed by atoms with Crippen LogP contribution in [0.2, 0.25) is 0 Å². The minimum atomic E-state index is -0.263. The molecule has 1 fully saturated rings. The van der Waals surface area contributed by atoms with Gasteiger partial charge in [-0.25, -0.2) is 0 Å². The van der Waals surface area contributed by atoms with Gasteiger partial charge >= 0.3 is 0 Å². The van der Waals surface area contributed by atoms with Crippen LogP contribution in [-0.2, 0) is 4.79 Å². The van der Waals surface area contributed by atoms with Crippen molar-refractivity contribution in [3.05, 3.63) is 59.7 Å². The maximum atomic E-state index is 12.7. The Bertz CT molecular complexity index is 814. The number of ether oxygens (including phenoxy) is 1. The number of nitrogens with zero attached hydrogens (tertiary/aromatic N) is 2. The van der Waals surface area contributed by atoms with E-state index in [2.05, 4.69) is 17.3 Å². The van der Waals surface area contributed by atoms with Crippen LogP contribution in [0.4, 0.5) is 5.69 Å². The molecular formula is C21H25N3O3. The lowest BCUT2D eigenvalue weighted by atomic mass is 10.1. The normalized spacial score (nSPS) is 14.7. The molecule has 0 spiro atoms. The molecule has 2 aromatic carbocycles. The van der Waals surface area contributed by atoms with E-state index in [0.29, 0.717) is 17.0 Å². The number of carbonyl (C=O) groups is 2. The number of likely N-dealkylation sites (N-methyl/N-ethyl adjacent to an activating group) is 1. The number of piperazine rings is 1. The van der Waals surface area contributed by atoms with Crippen molar-refractivity contribution in [3.63, 3.8) is 0 Å². The summed E-state index contributed by atoms with van der Waals surface area (Å²) in [5.41, 5.74) is 2.24. The highest BCUT2D eigenvalue weighted by Gasteiger charge is 2.20. The van der Waals surface area contributed by atoms with Gasteiger partial charge in [-0.2, -0.15) is 0 Å². The minimum absolute atomic E-state index is 0.00444. The highest BCUT2D eigenvalue weighted by molar-refractivity contribution is 5.97. The number of benzene rings is 2. The monoisotopic (exact) mass is 367 g/mol. The van der Waals surface area contributed by atoms with Gasteiger partial charge < -0.3 is 19.9 Å². The van der Waals surface area contributed by atoms with Gasteiger partial charge in [0.05, 0.1) is 0 Å². The Labute approximate surface area is 159 Å². The van der Waals surface area contributed by atoms with Gasteiger partial charge in [0.25, 0.3) is 11.8 Å². The summed E-state index contributed by atoms with van der Waals surface area (Å²) >= 11 is 0. The van der Waals surface area contributed by atoms with Crippen LogP contribution in [0.25, 0.3) is 0 Å². The summed E-state index contributed by atoms with van der Waals surface area (Å²) in [5, 5.41) is 2.79. The summed E-state index contributed by atoms with van der Waals surface area (Å²) in [6, 6.07) is 14.6. The molecule has 0 bridgehead atoms. The van der Waals surface area contributed by atoms with E-state index in [1.54, 1.807) is 24.3 Å². The smallest absolute Gasteiger partial charge is 0.262 e. The minimum Gasteiger partial charge on any atom is -0.484 e. The third-order valence-electron chi connectivity index (χ3n) is 4.54. The zero-order valence-corrected chi connectivity index (χ0v) is 15.8. The predicted octanol–water partition coefficient (Wildman–Crippen LogP) is 2.40. The standard InChI is InChI=1S/C21H25N3O3/c1-16-5-3-8-19(13-16)27-15-20(25)22-18-7-4-6-17(14-18)21(26)24-11-9-23(2)10-12-24/h3-8,13-14H,9-12,15H2,1-2H3,(H,22,25). The van der Waals surface area contributed by atoms with Crippen molar-refractivity contribution in [2.45, 2.75) is 6.92 Å². The molecule has 1 aliphatic rings. The Morgan fingerprint density at radius 2 is 1.78 bits per heavy atom. The van der Waals surface area contributed by atoms with Gasteiger partial charge in [0.2, 0.25) is 0 Å². The maximum absolute atomic E-state index is 12.7. The highest BCUT2D eigenvalue weighted by Crippen LogP contribution is 2.15. The second kappa shape index (κ2) is 8.68. The van der Waals surface area contributed by atoms with E-state index in [-0.39, 0.29) is 18.4 Å². The van der Waals surface area contributed by atoms with Gasteiger partial charge in [-0.15, -0.1) is 0 Å². The molecule has 6 heteroatoms. The molecule has 27 heavy (non-hydrogen) atoms. The Kier molecular flexibility index (Phi) is 6.08. The molecule has 1 aliphatic heterocycles. The van der Waals surface area contributed by atoms with Crippen LogP contribution in [0, 0.1) is 6.92 Å². The quantitative estimate of drug-likeness (QED) is 0.882. The molecular weight excluding hydrogens is 342 g/mol. The van der Waals surface area contributed by atoms with Gasteiger partial charge in [-0.3, -0.25) is 9.59 Å². The second-order valence-corrected chi connectivity index (χ2v) is 6.83. The van der Waals surface area contributed by atoms with Crippen LogP contribution in [0.3, 0.4) is 0 Å². The number of hydrogen-bond acceptors (Lipinski definition) is 4. The summed E-state index contributed by atoms with van der Waals surface area (Å²) in [5.74, 6) is 0.389. The lowest BCUT2D eigenvalue weighted by molar-refractivity contribution is -0.118. The SMILES string of the molecule is Cc1cccc(OCC(=O)Nc2cccc(C(=O)N3CCN(C)CC3)c2)c1. The molecule has 0 saturated carbocycles. The van der Waals surface area contributed by atoms with Crippen molar-refractivity contribution in [2.24, 2.45) is 0 Å². The molecule has 0 radical (unpaired) electrons. The number of rotatable bonds is 5. The summed E-state index contributed by atoms with van der Waals surface area (Å²) in [6.07, 6.45) is 0. The molecule has 0 atom stereocenters. The number of aryl methyl sites for hydroxylation is 1. The van der Waals surface area contributed by atoms with Crippen LogP contribution in [0.5, 0.6) is 5.75 Å². The summed E-state index contributed by atoms with van der Waals surface area (Å²) in [7, 11) is 2.05. The number of anilines is 1. The summed E-state index contributed by atoms with van der Waals surface area (Å²) < 4.78 is 5.51. The Balaban J connectivity index is 1.56. The van der Waals surface area contributed by atoms with E-state index in [0.717, 1.165) is 31.7 Å². The van der Waals surface area contributed by atoms with Crippen LogP contribution in [-0.4, -0.2) is 61.4 Å². The van der Waals surface area contributed by atoms with Crippen molar-refractivity contribution >= 4 is 17.5 Å². The van der Waals surface area contributed by atoms with E-state index in [9.17, 15) is 9.59 Å². The van der Waals surface area contributed by atoms with Gasteiger partial charge in [0.1, 0.15) is 5.75 Å². The third-order valence-corrected chi connectivity index (χ3v) is 4.54. The van der Waals surface area contributed by atoms with Crippen LogP contribution >= 0.6 is 0 Å². The fourth-order valence-electron chi connectivity index (χ4n) is 2.97. The second-order valence-electron chi connectivity index (χ2n) is 6.83. The fourth-order valence-corrected chi connectivity index (χ4v) is 2.97. The molecule has 1 heterocycles. The number of hydrogen-bond donors (Lipinski definition) is 1. The van der Waals surface area contributed by atoms with E-state index >= 15 is 0 Å². The van der Waals surface area contributed by atoms with Crippen molar-refractivity contribution in [2.75, 3.05) is 45.2 Å². The zero-order valence-electron chi connectivity index (χ0n) is 15.8. The molecule has 0 unspecified atom stereocenters. The molecule has 0 aliphatic carbocycles. The summed E-state index contributed by atoms with van der Waals surface area (Å²) in [6.45, 7) is 5.07. The van der Waals surface area contributed by atoms with Crippen LogP contribution in [0.1, 0.15) is 15.9 Å². The van der Waals surface area contributed by atoms with E-state index < -0.39 is 0 Å². The van der Waals surface area contributed by atoms with Gasteiger partial charge in [-0.05, 0) is 49.9 Å².